The van der Waals surface area contributed by atoms with Crippen molar-refractivity contribution in [1.82, 2.24) is 4.90 Å². The Kier molecular flexibility index (Phi) is 6.66. The predicted molar refractivity (Wildman–Crippen MR) is 155 cm³/mol. The lowest BCUT2D eigenvalue weighted by molar-refractivity contribution is -0.385. The van der Waals surface area contributed by atoms with Crippen molar-refractivity contribution in [1.29, 1.82) is 0 Å². The molecule has 3 aromatic carbocycles. The first-order chi connectivity index (χ1) is 19.6. The number of alkyl halides is 2. The van der Waals surface area contributed by atoms with Crippen molar-refractivity contribution in [3.8, 4) is 0 Å². The molecule has 1 fully saturated rings. The fourth-order valence-electron chi connectivity index (χ4n) is 6.78. The Morgan fingerprint density at radius 3 is 1.88 bits per heavy atom. The van der Waals surface area contributed by atoms with Gasteiger partial charge >= 0.3 is 0 Å². The van der Waals surface area contributed by atoms with Crippen LogP contribution in [0.4, 0.5) is 11.4 Å². The molecule has 3 aromatic rings. The van der Waals surface area contributed by atoms with Gasteiger partial charge in [-0.3, -0.25) is 29.4 Å². The third kappa shape index (κ3) is 3.99. The molecule has 7 rings (SSSR count). The molecule has 0 unspecified atom stereocenters. The molecule has 8 nitrogen and oxygen atoms in total. The lowest BCUT2D eigenvalue weighted by Gasteiger charge is -2.54. The predicted octanol–water partition coefficient (Wildman–Crippen LogP) is 6.00. The molecule has 0 aromatic heterocycles. The lowest BCUT2D eigenvalue weighted by Crippen LogP contribution is -2.57. The Bertz CT molecular complexity index is 1500. The van der Waals surface area contributed by atoms with Gasteiger partial charge in [0.25, 0.3) is 5.69 Å². The summed E-state index contributed by atoms with van der Waals surface area (Å²) in [7, 11) is 0. The minimum absolute atomic E-state index is 0.0552. The number of halogens is 2. The summed E-state index contributed by atoms with van der Waals surface area (Å²) in [6.07, 6.45) is 1.85. The molecular weight excluding hydrogens is 565 g/mol. The minimum Gasteiger partial charge on any atom is -0.326 e. The van der Waals surface area contributed by atoms with Gasteiger partial charge in [0, 0.05) is 30.3 Å². The maximum Gasteiger partial charge on any atom is 0.274 e. The summed E-state index contributed by atoms with van der Waals surface area (Å²) in [5.74, 6) is -2.53. The van der Waals surface area contributed by atoms with E-state index in [0.717, 1.165) is 22.3 Å². The van der Waals surface area contributed by atoms with Crippen LogP contribution in [0.5, 0.6) is 0 Å². The summed E-state index contributed by atoms with van der Waals surface area (Å²) in [5, 5.41) is 13.9. The molecule has 1 aliphatic heterocycles. The van der Waals surface area contributed by atoms with Crippen LogP contribution in [0.25, 0.3) is 0 Å². The van der Waals surface area contributed by atoms with E-state index in [-0.39, 0.29) is 36.4 Å². The maximum absolute atomic E-state index is 13.8. The number of carbonyl (C=O) groups excluding carboxylic acids is 3. The molecular formula is C31H27Cl2N3O5. The molecule has 0 radical (unpaired) electrons. The van der Waals surface area contributed by atoms with Gasteiger partial charge in [0.1, 0.15) is 9.75 Å². The topological polar surface area (TPSA) is 110 Å². The molecule has 2 bridgehead atoms. The molecule has 3 amide bonds. The number of carbonyl (C=O) groups is 3. The van der Waals surface area contributed by atoms with Crippen molar-refractivity contribution in [3.63, 3.8) is 0 Å². The molecule has 4 aliphatic rings. The third-order valence-corrected chi connectivity index (χ3v) is 9.94. The summed E-state index contributed by atoms with van der Waals surface area (Å²) >= 11 is 14.9. The highest BCUT2D eigenvalue weighted by Crippen LogP contribution is 2.69. The standard InChI is InChI=1S/C31H27Cl2N3O5/c1-18-14-15-19(17-24(18)36(40)41)34-25(37)13-3-2-8-16-35-28(38)26-27(29(35)39)31(33)21-10-5-4-9-20(21)30(26,32)22-11-6-7-12-23(22)31/h4-7,9-12,14-15,17,26-27H,2-3,8,13,16H2,1H3,(H,34,37)/t26-,27+,30?,31?. The largest absolute Gasteiger partial charge is 0.326 e. The first-order valence-corrected chi connectivity index (χ1v) is 14.3. The number of likely N-dealkylation sites (tertiary alicyclic amines) is 1. The quantitative estimate of drug-likeness (QED) is 0.114. The zero-order valence-electron chi connectivity index (χ0n) is 22.2. The lowest BCUT2D eigenvalue weighted by atomic mass is 9.54. The molecule has 1 saturated heterocycles. The van der Waals surface area contributed by atoms with Crippen LogP contribution in [0.3, 0.4) is 0 Å². The van der Waals surface area contributed by atoms with Crippen LogP contribution in [0.2, 0.25) is 0 Å². The van der Waals surface area contributed by atoms with Gasteiger partial charge in [-0.2, -0.15) is 0 Å². The zero-order valence-corrected chi connectivity index (χ0v) is 23.7. The van der Waals surface area contributed by atoms with E-state index >= 15 is 0 Å². The zero-order chi connectivity index (χ0) is 29.1. The smallest absolute Gasteiger partial charge is 0.274 e. The van der Waals surface area contributed by atoms with Gasteiger partial charge in [-0.1, -0.05) is 61.0 Å². The number of benzene rings is 3. The van der Waals surface area contributed by atoms with E-state index in [4.69, 9.17) is 23.2 Å². The molecule has 0 spiro atoms. The molecule has 10 heteroatoms. The van der Waals surface area contributed by atoms with Crippen molar-refractivity contribution >= 4 is 52.3 Å². The second-order valence-electron chi connectivity index (χ2n) is 10.9. The number of anilines is 1. The van der Waals surface area contributed by atoms with Gasteiger partial charge in [0.2, 0.25) is 17.7 Å². The number of rotatable bonds is 8. The van der Waals surface area contributed by atoms with E-state index < -0.39 is 26.5 Å². The maximum atomic E-state index is 13.8. The fourth-order valence-corrected chi connectivity index (χ4v) is 7.88. The highest BCUT2D eigenvalue weighted by atomic mass is 35.5. The normalized spacial score (nSPS) is 25.5. The van der Waals surface area contributed by atoms with Gasteiger partial charge < -0.3 is 5.32 Å². The molecule has 1 N–H and O–H groups in total. The fraction of sp³-hybridized carbons (Fsp3) is 0.323. The molecule has 3 aliphatic carbocycles. The van der Waals surface area contributed by atoms with Gasteiger partial charge in [-0.15, -0.1) is 23.2 Å². The summed E-state index contributed by atoms with van der Waals surface area (Å²) in [6, 6.07) is 19.6. The van der Waals surface area contributed by atoms with Crippen molar-refractivity contribution in [3.05, 3.63) is 105 Å². The molecule has 210 valence electrons. The first-order valence-electron chi connectivity index (χ1n) is 13.6. The summed E-state index contributed by atoms with van der Waals surface area (Å²) < 4.78 is 0. The van der Waals surface area contributed by atoms with Crippen LogP contribution in [0, 0.1) is 28.9 Å². The van der Waals surface area contributed by atoms with Crippen molar-refractivity contribution in [2.45, 2.75) is 42.4 Å². The molecule has 0 saturated carbocycles. The number of imide groups is 1. The molecule has 1 heterocycles. The number of nitrogens with zero attached hydrogens (tertiary/aromatic N) is 2. The Morgan fingerprint density at radius 1 is 0.878 bits per heavy atom. The number of aryl methyl sites for hydroxylation is 1. The van der Waals surface area contributed by atoms with Crippen molar-refractivity contribution < 1.29 is 19.3 Å². The summed E-state index contributed by atoms with van der Waals surface area (Å²) in [4.78, 5) is 49.7. The van der Waals surface area contributed by atoms with E-state index in [9.17, 15) is 24.5 Å². The van der Waals surface area contributed by atoms with Gasteiger partial charge in [-0.25, -0.2) is 0 Å². The van der Waals surface area contributed by atoms with Crippen LogP contribution in [0.15, 0.2) is 66.7 Å². The van der Waals surface area contributed by atoms with Gasteiger partial charge in [-0.05, 0) is 48.1 Å². The highest BCUT2D eigenvalue weighted by Gasteiger charge is 2.72. The summed E-state index contributed by atoms with van der Waals surface area (Å²) in [6.45, 7) is 1.85. The molecule has 41 heavy (non-hydrogen) atoms. The van der Waals surface area contributed by atoms with Gasteiger partial charge in [0.05, 0.1) is 16.8 Å². The monoisotopic (exact) mass is 591 g/mol. The average Bonchev–Trinajstić information content (AvgIpc) is 3.22. The Hall–Kier alpha value is -3.75. The Morgan fingerprint density at radius 2 is 1.39 bits per heavy atom. The van der Waals surface area contributed by atoms with Crippen LogP contribution in [-0.4, -0.2) is 34.1 Å². The minimum atomic E-state index is -1.20. The molecule has 2 atom stereocenters. The number of hydrogen-bond acceptors (Lipinski definition) is 5. The van der Waals surface area contributed by atoms with E-state index in [1.54, 1.807) is 19.1 Å². The third-order valence-electron chi connectivity index (χ3n) is 8.65. The highest BCUT2D eigenvalue weighted by molar-refractivity contribution is 6.36. The van der Waals surface area contributed by atoms with Crippen molar-refractivity contribution in [2.75, 3.05) is 11.9 Å². The second-order valence-corrected chi connectivity index (χ2v) is 12.1. The first kappa shape index (κ1) is 27.4. The van der Waals surface area contributed by atoms with Gasteiger partial charge in [0.15, 0.2) is 0 Å². The van der Waals surface area contributed by atoms with E-state index in [2.05, 4.69) is 5.32 Å². The average molecular weight is 592 g/mol. The number of unbranched alkanes of at least 4 members (excludes halogenated alkanes) is 2. The van der Waals surface area contributed by atoms with Crippen LogP contribution in [-0.2, 0) is 24.1 Å². The Balaban J connectivity index is 1.13. The number of nitrogens with one attached hydrogen (secondary N) is 1. The Labute approximate surface area is 246 Å². The number of amides is 3. The SMILES string of the molecule is Cc1ccc(NC(=O)CCCCCN2C(=O)[C@@H]3[C@H](C2=O)C2(Cl)c4ccccc4C3(Cl)c3ccccc32)cc1[N+](=O)[O-]. The van der Waals surface area contributed by atoms with E-state index in [1.807, 2.05) is 48.5 Å². The van der Waals surface area contributed by atoms with Crippen molar-refractivity contribution in [2.24, 2.45) is 11.8 Å². The number of nitro groups is 1. The van der Waals surface area contributed by atoms with Crippen LogP contribution in [0.1, 0.15) is 53.5 Å². The summed E-state index contributed by atoms with van der Waals surface area (Å²) in [5.41, 5.74) is 3.90. The number of nitro benzene ring substituents is 1. The van der Waals surface area contributed by atoms with E-state index in [0.29, 0.717) is 30.5 Å². The van der Waals surface area contributed by atoms with Crippen LogP contribution >= 0.6 is 23.2 Å². The number of hydrogen-bond donors (Lipinski definition) is 1. The van der Waals surface area contributed by atoms with Crippen LogP contribution < -0.4 is 5.32 Å². The van der Waals surface area contributed by atoms with E-state index in [1.165, 1.54) is 11.0 Å². The second kappa shape index (κ2) is 9.96.